The van der Waals surface area contributed by atoms with E-state index in [1.807, 2.05) is 0 Å². The van der Waals surface area contributed by atoms with E-state index >= 15 is 0 Å². The van der Waals surface area contributed by atoms with Gasteiger partial charge >= 0.3 is 0 Å². The van der Waals surface area contributed by atoms with E-state index in [0.29, 0.717) is 11.2 Å². The van der Waals surface area contributed by atoms with Crippen molar-refractivity contribution in [2.45, 2.75) is 25.3 Å². The topological polar surface area (TPSA) is 37.8 Å². The van der Waals surface area contributed by atoms with E-state index in [1.54, 1.807) is 6.07 Å². The molecule has 1 unspecified atom stereocenters. The van der Waals surface area contributed by atoms with E-state index in [2.05, 4.69) is 39.6 Å². The molecule has 0 bridgehead atoms. The first-order valence-electron chi connectivity index (χ1n) is 6.12. The molecule has 18 heavy (non-hydrogen) atoms. The smallest absolute Gasteiger partial charge is 0.134 e. The lowest BCUT2D eigenvalue weighted by Crippen LogP contribution is -2.27. The van der Waals surface area contributed by atoms with Gasteiger partial charge in [-0.15, -0.1) is 0 Å². The zero-order valence-electron chi connectivity index (χ0n) is 9.94. The number of nitrogens with one attached hydrogen (secondary N) is 1. The van der Waals surface area contributed by atoms with E-state index in [0.717, 1.165) is 25.1 Å². The van der Waals surface area contributed by atoms with Crippen molar-refractivity contribution in [3.63, 3.8) is 0 Å². The molecule has 1 aromatic carbocycles. The van der Waals surface area contributed by atoms with Crippen LogP contribution in [0.5, 0.6) is 0 Å². The number of aryl methyl sites for hydroxylation is 1. The first-order valence-corrected chi connectivity index (χ1v) is 6.50. The molecule has 0 fully saturated rings. The SMILES string of the molecule is Clc1cc(NC2CCc3ccccc3C2)ncn1. The quantitative estimate of drug-likeness (QED) is 0.843. The van der Waals surface area contributed by atoms with E-state index in [-0.39, 0.29) is 0 Å². The van der Waals surface area contributed by atoms with Gasteiger partial charge in [0.25, 0.3) is 0 Å². The molecule has 0 spiro atoms. The highest BCUT2D eigenvalue weighted by molar-refractivity contribution is 6.29. The summed E-state index contributed by atoms with van der Waals surface area (Å²) in [5.41, 5.74) is 2.90. The molecule has 0 amide bonds. The fourth-order valence-corrected chi connectivity index (χ4v) is 2.59. The number of benzene rings is 1. The summed E-state index contributed by atoms with van der Waals surface area (Å²) in [6.45, 7) is 0. The maximum absolute atomic E-state index is 5.85. The molecule has 1 aliphatic rings. The van der Waals surface area contributed by atoms with Crippen molar-refractivity contribution in [3.8, 4) is 0 Å². The lowest BCUT2D eigenvalue weighted by Gasteiger charge is -2.25. The number of aromatic nitrogens is 2. The molecule has 3 rings (SSSR count). The lowest BCUT2D eigenvalue weighted by molar-refractivity contribution is 0.608. The summed E-state index contributed by atoms with van der Waals surface area (Å²) in [6, 6.07) is 10.8. The van der Waals surface area contributed by atoms with Gasteiger partial charge < -0.3 is 5.32 Å². The minimum atomic E-state index is 0.422. The molecule has 4 heteroatoms. The molecular weight excluding hydrogens is 246 g/mol. The van der Waals surface area contributed by atoms with Crippen molar-refractivity contribution in [1.82, 2.24) is 9.97 Å². The van der Waals surface area contributed by atoms with Crippen LogP contribution in [0.15, 0.2) is 36.7 Å². The predicted molar refractivity (Wildman–Crippen MR) is 72.9 cm³/mol. The van der Waals surface area contributed by atoms with Gasteiger partial charge in [0.15, 0.2) is 0 Å². The first kappa shape index (κ1) is 11.5. The Kier molecular flexibility index (Phi) is 3.15. The van der Waals surface area contributed by atoms with Crippen molar-refractivity contribution < 1.29 is 0 Å². The van der Waals surface area contributed by atoms with Crippen molar-refractivity contribution in [2.24, 2.45) is 0 Å². The molecule has 0 radical (unpaired) electrons. The Morgan fingerprint density at radius 3 is 2.83 bits per heavy atom. The molecule has 0 saturated heterocycles. The van der Waals surface area contributed by atoms with Crippen molar-refractivity contribution >= 4 is 17.4 Å². The molecule has 1 aromatic heterocycles. The van der Waals surface area contributed by atoms with Gasteiger partial charge in [-0.2, -0.15) is 0 Å². The summed E-state index contributed by atoms with van der Waals surface area (Å²) < 4.78 is 0. The van der Waals surface area contributed by atoms with Gasteiger partial charge in [0.1, 0.15) is 17.3 Å². The average Bonchev–Trinajstić information content (AvgIpc) is 2.39. The molecular formula is C14H14ClN3. The summed E-state index contributed by atoms with van der Waals surface area (Å²) in [4.78, 5) is 8.07. The third-order valence-corrected chi connectivity index (χ3v) is 3.54. The van der Waals surface area contributed by atoms with E-state index in [4.69, 9.17) is 11.6 Å². The number of anilines is 1. The molecule has 1 N–H and O–H groups in total. The van der Waals surface area contributed by atoms with Gasteiger partial charge in [-0.05, 0) is 30.4 Å². The monoisotopic (exact) mass is 259 g/mol. The number of fused-ring (bicyclic) bond motifs is 1. The van der Waals surface area contributed by atoms with Gasteiger partial charge in [0.05, 0.1) is 0 Å². The molecule has 0 saturated carbocycles. The Bertz CT molecular complexity index is 556. The minimum Gasteiger partial charge on any atom is -0.367 e. The van der Waals surface area contributed by atoms with Crippen molar-refractivity contribution in [2.75, 3.05) is 5.32 Å². The van der Waals surface area contributed by atoms with Crippen LogP contribution < -0.4 is 5.32 Å². The second-order valence-electron chi connectivity index (χ2n) is 4.58. The predicted octanol–water partition coefficient (Wildman–Crippen LogP) is 3.10. The zero-order chi connectivity index (χ0) is 12.4. The van der Waals surface area contributed by atoms with Gasteiger partial charge in [0.2, 0.25) is 0 Å². The largest absolute Gasteiger partial charge is 0.367 e. The standard InChI is InChI=1S/C14H14ClN3/c15-13-8-14(17-9-16-13)18-12-6-5-10-3-1-2-4-11(10)7-12/h1-4,8-9,12H,5-7H2,(H,16,17,18). The highest BCUT2D eigenvalue weighted by Gasteiger charge is 2.18. The van der Waals surface area contributed by atoms with E-state index < -0.39 is 0 Å². The number of halogens is 1. The normalized spacial score (nSPS) is 18.2. The first-order chi connectivity index (χ1) is 8.81. The molecule has 1 aliphatic carbocycles. The molecule has 0 aliphatic heterocycles. The van der Waals surface area contributed by atoms with Gasteiger partial charge in [0, 0.05) is 12.1 Å². The van der Waals surface area contributed by atoms with Gasteiger partial charge in [-0.1, -0.05) is 35.9 Å². The van der Waals surface area contributed by atoms with Crippen LogP contribution in [0.2, 0.25) is 5.15 Å². The van der Waals surface area contributed by atoms with Crippen LogP contribution in [0.1, 0.15) is 17.5 Å². The summed E-state index contributed by atoms with van der Waals surface area (Å²) >= 11 is 5.85. The second kappa shape index (κ2) is 4.94. The van der Waals surface area contributed by atoms with E-state index in [9.17, 15) is 0 Å². The Morgan fingerprint density at radius 2 is 2.00 bits per heavy atom. The van der Waals surface area contributed by atoms with Crippen LogP contribution in [0.4, 0.5) is 5.82 Å². The molecule has 1 heterocycles. The van der Waals surface area contributed by atoms with Gasteiger partial charge in [-0.3, -0.25) is 0 Å². The Labute approximate surface area is 111 Å². The van der Waals surface area contributed by atoms with Crippen molar-refractivity contribution in [1.29, 1.82) is 0 Å². The Morgan fingerprint density at radius 1 is 1.17 bits per heavy atom. The molecule has 2 aromatic rings. The molecule has 1 atom stereocenters. The summed E-state index contributed by atoms with van der Waals surface area (Å²) in [5, 5.41) is 3.90. The van der Waals surface area contributed by atoms with Crippen LogP contribution in [-0.2, 0) is 12.8 Å². The molecule has 3 nitrogen and oxygen atoms in total. The maximum Gasteiger partial charge on any atom is 0.134 e. The number of hydrogen-bond donors (Lipinski definition) is 1. The number of nitrogens with zero attached hydrogens (tertiary/aromatic N) is 2. The fourth-order valence-electron chi connectivity index (χ4n) is 2.44. The number of rotatable bonds is 2. The highest BCUT2D eigenvalue weighted by atomic mass is 35.5. The highest BCUT2D eigenvalue weighted by Crippen LogP contribution is 2.23. The third-order valence-electron chi connectivity index (χ3n) is 3.33. The summed E-state index contributed by atoms with van der Waals surface area (Å²) in [7, 11) is 0. The van der Waals surface area contributed by atoms with Crippen LogP contribution >= 0.6 is 11.6 Å². The Balaban J connectivity index is 1.73. The number of hydrogen-bond acceptors (Lipinski definition) is 3. The minimum absolute atomic E-state index is 0.422. The molecule has 92 valence electrons. The maximum atomic E-state index is 5.85. The second-order valence-corrected chi connectivity index (χ2v) is 4.97. The fraction of sp³-hybridized carbons (Fsp3) is 0.286. The Hall–Kier alpha value is -1.61. The van der Waals surface area contributed by atoms with Crippen molar-refractivity contribution in [3.05, 3.63) is 52.9 Å². The average molecular weight is 260 g/mol. The van der Waals surface area contributed by atoms with Crippen LogP contribution in [0, 0.1) is 0 Å². The van der Waals surface area contributed by atoms with Crippen LogP contribution in [-0.4, -0.2) is 16.0 Å². The zero-order valence-corrected chi connectivity index (χ0v) is 10.7. The summed E-state index contributed by atoms with van der Waals surface area (Å²) in [5.74, 6) is 0.805. The van der Waals surface area contributed by atoms with Gasteiger partial charge in [-0.25, -0.2) is 9.97 Å². The third kappa shape index (κ3) is 2.46. The van der Waals surface area contributed by atoms with Crippen LogP contribution in [0.25, 0.3) is 0 Å². The summed E-state index contributed by atoms with van der Waals surface area (Å²) in [6.07, 6.45) is 4.77. The van der Waals surface area contributed by atoms with E-state index in [1.165, 1.54) is 17.5 Å². The lowest BCUT2D eigenvalue weighted by atomic mass is 9.88. The van der Waals surface area contributed by atoms with Crippen LogP contribution in [0.3, 0.4) is 0 Å².